The first-order chi connectivity index (χ1) is 10.6. The highest BCUT2D eigenvalue weighted by atomic mass is 16.6. The highest BCUT2D eigenvalue weighted by molar-refractivity contribution is 5.86. The van der Waals surface area contributed by atoms with Gasteiger partial charge in [-0.25, -0.2) is 4.79 Å². The molecule has 2 aliphatic heterocycles. The first-order valence-electron chi connectivity index (χ1n) is 7.24. The number of nitrogens with one attached hydrogen (secondary N) is 1. The fourth-order valence-corrected chi connectivity index (χ4v) is 2.89. The zero-order valence-corrected chi connectivity index (χ0v) is 12.1. The number of alkyl carbamates (subject to hydrolysis) is 1. The second-order valence-electron chi connectivity index (χ2n) is 5.25. The average Bonchev–Trinajstić information content (AvgIpc) is 3.05. The Morgan fingerprint density at radius 2 is 2.18 bits per heavy atom. The number of hydrogen-bond acceptors (Lipinski definition) is 5. The molecule has 0 unspecified atom stereocenters. The lowest BCUT2D eigenvalue weighted by Gasteiger charge is -2.22. The molecule has 0 bridgehead atoms. The van der Waals surface area contributed by atoms with Crippen molar-refractivity contribution in [2.24, 2.45) is 0 Å². The number of amides is 2. The molecule has 2 N–H and O–H groups in total. The Bertz CT molecular complexity index is 564. The molecule has 22 heavy (non-hydrogen) atoms. The number of aliphatic hydroxyl groups excluding tert-OH is 1. The Labute approximate surface area is 127 Å². The Balaban J connectivity index is 1.80. The summed E-state index contributed by atoms with van der Waals surface area (Å²) in [6, 6.07) is 8.81. The van der Waals surface area contributed by atoms with Gasteiger partial charge in [0.25, 0.3) is 5.91 Å². The van der Waals surface area contributed by atoms with Gasteiger partial charge in [-0.1, -0.05) is 30.3 Å². The summed E-state index contributed by atoms with van der Waals surface area (Å²) in [6.45, 7) is 2.38. The predicted molar refractivity (Wildman–Crippen MR) is 75.7 cm³/mol. The number of carbonyl (C=O) groups is 2. The monoisotopic (exact) mass is 306 g/mol. The first-order valence-corrected chi connectivity index (χ1v) is 7.24. The zero-order chi connectivity index (χ0) is 15.7. The molecule has 0 saturated carbocycles. The van der Waals surface area contributed by atoms with Crippen molar-refractivity contribution in [2.75, 3.05) is 13.2 Å². The van der Waals surface area contributed by atoms with Gasteiger partial charge >= 0.3 is 6.09 Å². The standard InChI is InChI=1S/C15H18N2O5/c1-2-16-15(20)22-12-10-8-21-14(9-6-4-3-5-7-9)17(10)13(19)11(12)18/h3-7,10-12,14,18H,2,8H2,1H3,(H,16,20)/t10-,11+,12+,14+/m1/s1. The molecule has 2 saturated heterocycles. The third-order valence-corrected chi connectivity index (χ3v) is 3.88. The van der Waals surface area contributed by atoms with Gasteiger partial charge in [0.15, 0.2) is 18.4 Å². The molecule has 0 spiro atoms. The molecule has 3 rings (SSSR count). The smallest absolute Gasteiger partial charge is 0.407 e. The van der Waals surface area contributed by atoms with Crippen LogP contribution in [0.25, 0.3) is 0 Å². The van der Waals surface area contributed by atoms with E-state index in [1.807, 2.05) is 30.3 Å². The van der Waals surface area contributed by atoms with Crippen molar-refractivity contribution in [3.05, 3.63) is 35.9 Å². The van der Waals surface area contributed by atoms with E-state index >= 15 is 0 Å². The van der Waals surface area contributed by atoms with Crippen LogP contribution in [-0.4, -0.2) is 53.4 Å². The molecule has 2 fully saturated rings. The van der Waals surface area contributed by atoms with Crippen LogP contribution in [0, 0.1) is 0 Å². The van der Waals surface area contributed by atoms with Crippen molar-refractivity contribution in [1.82, 2.24) is 10.2 Å². The molecule has 1 aromatic carbocycles. The maximum absolute atomic E-state index is 12.3. The number of ether oxygens (including phenoxy) is 2. The fraction of sp³-hybridized carbons (Fsp3) is 0.467. The van der Waals surface area contributed by atoms with Crippen molar-refractivity contribution in [3.8, 4) is 0 Å². The normalized spacial score (nSPS) is 30.3. The number of rotatable bonds is 3. The molecular weight excluding hydrogens is 288 g/mol. The van der Waals surface area contributed by atoms with Gasteiger partial charge < -0.3 is 24.8 Å². The summed E-state index contributed by atoms with van der Waals surface area (Å²) in [5.41, 5.74) is 0.823. The third kappa shape index (κ3) is 2.42. The number of benzene rings is 1. The van der Waals surface area contributed by atoms with E-state index in [1.165, 1.54) is 4.90 Å². The number of hydrogen-bond donors (Lipinski definition) is 2. The summed E-state index contributed by atoms with van der Waals surface area (Å²) in [6.07, 6.45) is -3.49. The molecule has 0 aromatic heterocycles. The van der Waals surface area contributed by atoms with E-state index in [0.29, 0.717) is 6.54 Å². The Hall–Kier alpha value is -2.12. The molecule has 0 radical (unpaired) electrons. The van der Waals surface area contributed by atoms with Crippen LogP contribution in [0.15, 0.2) is 30.3 Å². The summed E-state index contributed by atoms with van der Waals surface area (Å²) in [4.78, 5) is 25.3. The van der Waals surface area contributed by atoms with Crippen molar-refractivity contribution < 1.29 is 24.2 Å². The summed E-state index contributed by atoms with van der Waals surface area (Å²) in [5.74, 6) is -0.481. The number of nitrogens with zero attached hydrogens (tertiary/aromatic N) is 1. The lowest BCUT2D eigenvalue weighted by molar-refractivity contribution is -0.142. The molecule has 7 nitrogen and oxygen atoms in total. The highest BCUT2D eigenvalue weighted by Crippen LogP contribution is 2.38. The van der Waals surface area contributed by atoms with Gasteiger partial charge in [0.1, 0.15) is 0 Å². The van der Waals surface area contributed by atoms with Crippen LogP contribution < -0.4 is 5.32 Å². The SMILES string of the molecule is CCNC(=O)O[C@@H]1[C@H](O)C(=O)N2[C@@H]1CO[C@H]2c1ccccc1. The molecule has 2 aliphatic rings. The molecule has 2 heterocycles. The number of aliphatic hydroxyl groups is 1. The lowest BCUT2D eigenvalue weighted by Crippen LogP contribution is -2.40. The minimum Gasteiger partial charge on any atom is -0.441 e. The average molecular weight is 306 g/mol. The van der Waals surface area contributed by atoms with Crippen molar-refractivity contribution >= 4 is 12.0 Å². The summed E-state index contributed by atoms with van der Waals surface area (Å²) >= 11 is 0. The van der Waals surface area contributed by atoms with Crippen LogP contribution in [0.3, 0.4) is 0 Å². The summed E-state index contributed by atoms with van der Waals surface area (Å²) in [7, 11) is 0. The summed E-state index contributed by atoms with van der Waals surface area (Å²) < 4.78 is 10.9. The van der Waals surface area contributed by atoms with Crippen LogP contribution >= 0.6 is 0 Å². The van der Waals surface area contributed by atoms with Crippen LogP contribution in [-0.2, 0) is 14.3 Å². The molecule has 118 valence electrons. The van der Waals surface area contributed by atoms with E-state index in [0.717, 1.165) is 5.56 Å². The first kappa shape index (κ1) is 14.8. The van der Waals surface area contributed by atoms with Gasteiger partial charge in [-0.05, 0) is 6.92 Å². The van der Waals surface area contributed by atoms with Gasteiger partial charge in [-0.2, -0.15) is 0 Å². The van der Waals surface area contributed by atoms with Crippen LogP contribution in [0.4, 0.5) is 4.79 Å². The quantitative estimate of drug-likeness (QED) is 0.844. The van der Waals surface area contributed by atoms with Crippen LogP contribution in [0.1, 0.15) is 18.7 Å². The second-order valence-corrected chi connectivity index (χ2v) is 5.25. The molecule has 2 amide bonds. The van der Waals surface area contributed by atoms with Gasteiger partial charge in [-0.3, -0.25) is 4.79 Å². The minimum atomic E-state index is -1.36. The van der Waals surface area contributed by atoms with Crippen LogP contribution in [0.5, 0.6) is 0 Å². The van der Waals surface area contributed by atoms with E-state index in [4.69, 9.17) is 9.47 Å². The topological polar surface area (TPSA) is 88.1 Å². The van der Waals surface area contributed by atoms with Crippen LogP contribution in [0.2, 0.25) is 0 Å². The Morgan fingerprint density at radius 3 is 2.86 bits per heavy atom. The van der Waals surface area contributed by atoms with Crippen molar-refractivity contribution in [3.63, 3.8) is 0 Å². The number of carbonyl (C=O) groups excluding carboxylic acids is 2. The van der Waals surface area contributed by atoms with Crippen molar-refractivity contribution in [2.45, 2.75) is 31.4 Å². The maximum Gasteiger partial charge on any atom is 0.407 e. The number of fused-ring (bicyclic) bond motifs is 1. The molecule has 1 aromatic rings. The maximum atomic E-state index is 12.3. The largest absolute Gasteiger partial charge is 0.441 e. The van der Waals surface area contributed by atoms with Gasteiger partial charge in [-0.15, -0.1) is 0 Å². The predicted octanol–water partition coefficient (Wildman–Crippen LogP) is 0.402. The third-order valence-electron chi connectivity index (χ3n) is 3.88. The van der Waals surface area contributed by atoms with E-state index in [-0.39, 0.29) is 6.61 Å². The minimum absolute atomic E-state index is 0.215. The van der Waals surface area contributed by atoms with E-state index in [9.17, 15) is 14.7 Å². The Kier molecular flexibility index (Phi) is 4.00. The van der Waals surface area contributed by atoms with E-state index in [1.54, 1.807) is 6.92 Å². The van der Waals surface area contributed by atoms with E-state index < -0.39 is 36.5 Å². The van der Waals surface area contributed by atoms with E-state index in [2.05, 4.69) is 5.32 Å². The molecular formula is C15H18N2O5. The van der Waals surface area contributed by atoms with Gasteiger partial charge in [0.05, 0.1) is 12.6 Å². The van der Waals surface area contributed by atoms with Gasteiger partial charge in [0.2, 0.25) is 0 Å². The fourth-order valence-electron chi connectivity index (χ4n) is 2.89. The highest BCUT2D eigenvalue weighted by Gasteiger charge is 2.56. The Morgan fingerprint density at radius 1 is 1.45 bits per heavy atom. The molecule has 4 atom stereocenters. The van der Waals surface area contributed by atoms with Crippen molar-refractivity contribution in [1.29, 1.82) is 0 Å². The van der Waals surface area contributed by atoms with Gasteiger partial charge in [0, 0.05) is 12.1 Å². The molecule has 0 aliphatic carbocycles. The second kappa shape index (κ2) is 5.94. The lowest BCUT2D eigenvalue weighted by atomic mass is 10.1. The zero-order valence-electron chi connectivity index (χ0n) is 12.1. The molecule has 7 heteroatoms. The summed E-state index contributed by atoms with van der Waals surface area (Å²) in [5, 5.41) is 12.6.